The third-order valence-corrected chi connectivity index (χ3v) is 5.48. The molecule has 0 aliphatic rings. The van der Waals surface area contributed by atoms with Gasteiger partial charge in [0.15, 0.2) is 5.78 Å². The van der Waals surface area contributed by atoms with Crippen molar-refractivity contribution in [2.24, 2.45) is 0 Å². The maximum absolute atomic E-state index is 12.3. The van der Waals surface area contributed by atoms with Crippen molar-refractivity contribution in [2.75, 3.05) is 0 Å². The lowest BCUT2D eigenvalue weighted by molar-refractivity contribution is 0.106. The molecular formula is C21H15ClN4O2S. The second-order valence-corrected chi connectivity index (χ2v) is 7.73. The Morgan fingerprint density at radius 2 is 2.00 bits per heavy atom. The molecule has 6 nitrogen and oxygen atoms in total. The summed E-state index contributed by atoms with van der Waals surface area (Å²) >= 11 is 7.41. The fraction of sp³-hybridized carbons (Fsp3) is 0.0476. The van der Waals surface area contributed by atoms with Gasteiger partial charge in [-0.25, -0.2) is 0 Å². The average Bonchev–Trinajstić information content (AvgIpc) is 3.30. The van der Waals surface area contributed by atoms with Gasteiger partial charge in [-0.3, -0.25) is 19.3 Å². The minimum Gasteiger partial charge on any atom is -0.313 e. The summed E-state index contributed by atoms with van der Waals surface area (Å²) in [5, 5.41) is 5.01. The van der Waals surface area contributed by atoms with Crippen molar-refractivity contribution >= 4 is 40.9 Å². The molecule has 4 rings (SSSR count). The predicted octanol–water partition coefficient (Wildman–Crippen LogP) is 2.22. The fourth-order valence-electron chi connectivity index (χ4n) is 2.74. The zero-order valence-corrected chi connectivity index (χ0v) is 16.7. The maximum Gasteiger partial charge on any atom is 0.266 e. The lowest BCUT2D eigenvalue weighted by Crippen LogP contribution is -2.19. The minimum atomic E-state index is -0.248. The van der Waals surface area contributed by atoms with Crippen LogP contribution in [0, 0.1) is 0 Å². The normalized spacial score (nSPS) is 12.4. The minimum absolute atomic E-state index is 0.191. The van der Waals surface area contributed by atoms with Crippen molar-refractivity contribution in [3.8, 4) is 0 Å². The molecule has 0 fully saturated rings. The van der Waals surface area contributed by atoms with E-state index in [4.69, 9.17) is 11.6 Å². The number of nitrogens with one attached hydrogen (secondary N) is 1. The van der Waals surface area contributed by atoms with Crippen LogP contribution in [0.2, 0.25) is 5.02 Å². The number of ketones is 1. The Labute approximate surface area is 174 Å². The molecule has 0 aliphatic carbocycles. The van der Waals surface area contributed by atoms with Gasteiger partial charge in [-0.1, -0.05) is 29.8 Å². The number of carbonyl (C=O) groups excluding carboxylic acids is 1. The molecule has 8 heteroatoms. The van der Waals surface area contributed by atoms with Gasteiger partial charge in [0.1, 0.15) is 0 Å². The molecule has 0 bridgehead atoms. The van der Waals surface area contributed by atoms with Crippen LogP contribution >= 0.6 is 22.9 Å². The number of benzene rings is 1. The molecule has 0 saturated heterocycles. The van der Waals surface area contributed by atoms with Gasteiger partial charge in [-0.05, 0) is 29.8 Å². The Balaban J connectivity index is 1.59. The largest absolute Gasteiger partial charge is 0.313 e. The van der Waals surface area contributed by atoms with Crippen molar-refractivity contribution in [3.63, 3.8) is 0 Å². The molecule has 0 atom stereocenters. The quantitative estimate of drug-likeness (QED) is 0.500. The molecule has 1 N–H and O–H groups in total. The van der Waals surface area contributed by atoms with Crippen LogP contribution in [0.3, 0.4) is 0 Å². The monoisotopic (exact) mass is 422 g/mol. The summed E-state index contributed by atoms with van der Waals surface area (Å²) in [5.41, 5.74) is 2.02. The summed E-state index contributed by atoms with van der Waals surface area (Å²) in [7, 11) is 0. The average molecular weight is 423 g/mol. The highest BCUT2D eigenvalue weighted by molar-refractivity contribution is 7.07. The van der Waals surface area contributed by atoms with Gasteiger partial charge in [0, 0.05) is 40.8 Å². The van der Waals surface area contributed by atoms with Gasteiger partial charge in [-0.2, -0.15) is 5.10 Å². The molecule has 0 unspecified atom stereocenters. The van der Waals surface area contributed by atoms with E-state index in [2.05, 4.69) is 15.1 Å². The van der Waals surface area contributed by atoms with Gasteiger partial charge >= 0.3 is 0 Å². The molecule has 0 radical (unpaired) electrons. The smallest absolute Gasteiger partial charge is 0.266 e. The van der Waals surface area contributed by atoms with E-state index >= 15 is 0 Å². The predicted molar refractivity (Wildman–Crippen MR) is 114 cm³/mol. The molecule has 1 aromatic carbocycles. The van der Waals surface area contributed by atoms with Crippen LogP contribution in [0.15, 0.2) is 66.0 Å². The maximum atomic E-state index is 12.3. The van der Waals surface area contributed by atoms with Gasteiger partial charge in [0.25, 0.3) is 5.56 Å². The first-order valence-electron chi connectivity index (χ1n) is 8.71. The first-order chi connectivity index (χ1) is 14.1. The van der Waals surface area contributed by atoms with Crippen LogP contribution in [0.4, 0.5) is 0 Å². The van der Waals surface area contributed by atoms with Crippen molar-refractivity contribution in [2.45, 2.75) is 6.54 Å². The number of aromatic amines is 1. The number of Topliss-reactive ketones (excluding diaryl/α,β-unsaturated/α-hetero) is 1. The third-order valence-electron chi connectivity index (χ3n) is 4.15. The molecule has 144 valence electrons. The van der Waals surface area contributed by atoms with Gasteiger partial charge in [0.05, 0.1) is 21.9 Å². The number of thiazole rings is 1. The van der Waals surface area contributed by atoms with E-state index in [-0.39, 0.29) is 11.3 Å². The summed E-state index contributed by atoms with van der Waals surface area (Å²) in [6.07, 6.45) is 9.79. The zero-order chi connectivity index (χ0) is 20.2. The second kappa shape index (κ2) is 8.38. The molecule has 0 saturated carbocycles. The van der Waals surface area contributed by atoms with Crippen LogP contribution < -0.4 is 14.8 Å². The van der Waals surface area contributed by atoms with Gasteiger partial charge in [-0.15, -0.1) is 11.3 Å². The third kappa shape index (κ3) is 4.59. The summed E-state index contributed by atoms with van der Waals surface area (Å²) < 4.78 is 2.75. The number of hydrogen-bond donors (Lipinski definition) is 1. The van der Waals surface area contributed by atoms with E-state index in [1.165, 1.54) is 17.4 Å². The Morgan fingerprint density at radius 3 is 2.79 bits per heavy atom. The summed E-state index contributed by atoms with van der Waals surface area (Å²) in [5.74, 6) is -0.191. The second-order valence-electron chi connectivity index (χ2n) is 6.24. The van der Waals surface area contributed by atoms with Crippen LogP contribution in [0.1, 0.15) is 21.5 Å². The molecule has 0 amide bonds. The van der Waals surface area contributed by atoms with Crippen molar-refractivity contribution in [1.29, 1.82) is 0 Å². The first-order valence-corrected chi connectivity index (χ1v) is 9.91. The van der Waals surface area contributed by atoms with Gasteiger partial charge < -0.3 is 4.98 Å². The van der Waals surface area contributed by atoms with Crippen molar-refractivity contribution in [3.05, 3.63) is 102 Å². The Kier molecular flexibility index (Phi) is 5.50. The number of halogens is 1. The van der Waals surface area contributed by atoms with Gasteiger partial charge in [0.2, 0.25) is 0 Å². The van der Waals surface area contributed by atoms with E-state index in [1.54, 1.807) is 41.5 Å². The Morgan fingerprint density at radius 1 is 1.21 bits per heavy atom. The van der Waals surface area contributed by atoms with Crippen LogP contribution in [0.25, 0.3) is 12.2 Å². The van der Waals surface area contributed by atoms with E-state index < -0.39 is 0 Å². The molecule has 0 spiro atoms. The highest BCUT2D eigenvalue weighted by atomic mass is 35.5. The number of rotatable bonds is 5. The Hall–Kier alpha value is -3.29. The number of hydrogen-bond acceptors (Lipinski definition) is 5. The molecular weight excluding hydrogens is 408 g/mol. The SMILES string of the molecule is O=C(/C=c1/[nH]c(=O)/c(=C/c2cnn(Cc3ccccc3Cl)c2)s1)c1ccncc1. The summed E-state index contributed by atoms with van der Waals surface area (Å²) in [4.78, 5) is 31.1. The molecule has 4 aromatic rings. The summed E-state index contributed by atoms with van der Waals surface area (Å²) in [6.45, 7) is 0.535. The zero-order valence-electron chi connectivity index (χ0n) is 15.1. The molecule has 0 aliphatic heterocycles. The van der Waals surface area contributed by atoms with Crippen LogP contribution in [-0.4, -0.2) is 25.5 Å². The topological polar surface area (TPSA) is 80.6 Å². The van der Waals surface area contributed by atoms with Crippen molar-refractivity contribution in [1.82, 2.24) is 19.7 Å². The lowest BCUT2D eigenvalue weighted by Gasteiger charge is -2.03. The summed E-state index contributed by atoms with van der Waals surface area (Å²) in [6, 6.07) is 10.8. The van der Waals surface area contributed by atoms with Crippen molar-refractivity contribution < 1.29 is 4.79 Å². The van der Waals surface area contributed by atoms with E-state index in [1.807, 2.05) is 30.5 Å². The molecule has 3 aromatic heterocycles. The fourth-order valence-corrected chi connectivity index (χ4v) is 3.82. The lowest BCUT2D eigenvalue weighted by atomic mass is 10.2. The highest BCUT2D eigenvalue weighted by Gasteiger charge is 2.04. The Bertz CT molecular complexity index is 1340. The molecule has 29 heavy (non-hydrogen) atoms. The van der Waals surface area contributed by atoms with E-state index in [9.17, 15) is 9.59 Å². The highest BCUT2D eigenvalue weighted by Crippen LogP contribution is 2.16. The van der Waals surface area contributed by atoms with Crippen LogP contribution in [-0.2, 0) is 6.54 Å². The van der Waals surface area contributed by atoms with Crippen LogP contribution in [0.5, 0.6) is 0 Å². The molecule has 3 heterocycles. The number of nitrogens with zero attached hydrogens (tertiary/aromatic N) is 3. The number of pyridine rings is 1. The van der Waals surface area contributed by atoms with E-state index in [0.717, 1.165) is 11.1 Å². The van der Waals surface area contributed by atoms with E-state index in [0.29, 0.717) is 26.3 Å². The number of carbonyl (C=O) groups is 1. The number of aromatic nitrogens is 4. The first kappa shape index (κ1) is 19.0. The standard InChI is InChI=1S/C21H15ClN4O2S/c22-17-4-2-1-3-16(17)13-26-12-14(11-24-26)9-19-21(28)25-20(29-19)10-18(27)15-5-7-23-8-6-15/h1-12H,13H2,(H,25,28)/b19-9-,20-10-. The number of H-pyrrole nitrogens is 1.